The van der Waals surface area contributed by atoms with Gasteiger partial charge in [0.15, 0.2) is 0 Å². The van der Waals surface area contributed by atoms with Crippen molar-refractivity contribution in [3.05, 3.63) is 27.9 Å². The van der Waals surface area contributed by atoms with Crippen molar-refractivity contribution in [1.82, 2.24) is 9.97 Å². The number of aromatic amines is 1. The smallest absolute Gasteiger partial charge is 0.251 e. The van der Waals surface area contributed by atoms with Crippen molar-refractivity contribution in [2.45, 2.75) is 51.6 Å². The average molecular weight is 236 g/mol. The van der Waals surface area contributed by atoms with E-state index in [-0.39, 0.29) is 11.5 Å². The van der Waals surface area contributed by atoms with Gasteiger partial charge >= 0.3 is 0 Å². The topological polar surface area (TPSA) is 55.0 Å². The lowest BCUT2D eigenvalue weighted by Crippen LogP contribution is -2.34. The van der Waals surface area contributed by atoms with E-state index in [0.717, 1.165) is 31.6 Å². The van der Waals surface area contributed by atoms with Crippen LogP contribution < -0.4 is 5.56 Å². The molecule has 0 amide bonds. The maximum absolute atomic E-state index is 11.6. The van der Waals surface area contributed by atoms with E-state index < -0.39 is 5.60 Å². The third-order valence-corrected chi connectivity index (χ3v) is 3.32. The zero-order chi connectivity index (χ0) is 12.5. The highest BCUT2D eigenvalue weighted by molar-refractivity contribution is 5.11. The third kappa shape index (κ3) is 2.57. The highest BCUT2D eigenvalue weighted by Crippen LogP contribution is 2.32. The summed E-state index contributed by atoms with van der Waals surface area (Å²) < 4.78 is 5.81. The number of nitrogens with zero attached hydrogens (tertiary/aromatic N) is 1. The number of ether oxygens (including phenoxy) is 1. The predicted molar refractivity (Wildman–Crippen MR) is 66.1 cm³/mol. The fraction of sp³-hybridized carbons (Fsp3) is 0.692. The molecule has 4 heteroatoms. The lowest BCUT2D eigenvalue weighted by Gasteiger charge is -2.33. The summed E-state index contributed by atoms with van der Waals surface area (Å²) in [5, 5.41) is 0. The minimum absolute atomic E-state index is 0.0888. The highest BCUT2D eigenvalue weighted by atomic mass is 16.5. The molecule has 0 aromatic carbocycles. The maximum atomic E-state index is 11.6. The lowest BCUT2D eigenvalue weighted by molar-refractivity contribution is -0.0763. The van der Waals surface area contributed by atoms with E-state index in [2.05, 4.69) is 9.97 Å². The summed E-state index contributed by atoms with van der Waals surface area (Å²) in [6, 6.07) is 1.57. The maximum Gasteiger partial charge on any atom is 0.251 e. The zero-order valence-electron chi connectivity index (χ0n) is 10.7. The Labute approximate surface area is 101 Å². The molecule has 0 spiro atoms. The van der Waals surface area contributed by atoms with Gasteiger partial charge in [-0.3, -0.25) is 4.79 Å². The molecule has 0 bridgehead atoms. The van der Waals surface area contributed by atoms with Crippen LogP contribution in [0.15, 0.2) is 10.9 Å². The Bertz CT molecular complexity index is 445. The van der Waals surface area contributed by atoms with Gasteiger partial charge in [-0.2, -0.15) is 0 Å². The van der Waals surface area contributed by atoms with Crippen LogP contribution in [0.2, 0.25) is 0 Å². The summed E-state index contributed by atoms with van der Waals surface area (Å²) in [7, 11) is 0. The molecule has 0 aliphatic carbocycles. The van der Waals surface area contributed by atoms with Crippen LogP contribution in [0.3, 0.4) is 0 Å². The normalized spacial score (nSPS) is 25.2. The number of nitrogens with one attached hydrogen (secondary N) is 1. The predicted octanol–water partition coefficient (Wildman–Crippen LogP) is 2.31. The molecule has 1 unspecified atom stereocenters. The Balaban J connectivity index is 2.40. The molecule has 1 aliphatic heterocycles. The van der Waals surface area contributed by atoms with Gasteiger partial charge in [-0.15, -0.1) is 0 Å². The Hall–Kier alpha value is -1.16. The molecule has 1 aromatic heterocycles. The highest BCUT2D eigenvalue weighted by Gasteiger charge is 2.32. The number of rotatable bonds is 2. The van der Waals surface area contributed by atoms with Crippen molar-refractivity contribution in [2.75, 3.05) is 6.61 Å². The van der Waals surface area contributed by atoms with Crippen LogP contribution in [0.1, 0.15) is 57.5 Å². The van der Waals surface area contributed by atoms with Gasteiger partial charge in [-0.1, -0.05) is 13.8 Å². The van der Waals surface area contributed by atoms with Gasteiger partial charge in [0, 0.05) is 12.7 Å². The fourth-order valence-electron chi connectivity index (χ4n) is 2.14. The van der Waals surface area contributed by atoms with Crippen molar-refractivity contribution < 1.29 is 4.74 Å². The number of hydrogen-bond acceptors (Lipinski definition) is 3. The summed E-state index contributed by atoms with van der Waals surface area (Å²) in [6.07, 6.45) is 3.12. The molecule has 1 atom stereocenters. The number of aromatic nitrogens is 2. The second-order valence-corrected chi connectivity index (χ2v) is 5.21. The summed E-state index contributed by atoms with van der Waals surface area (Å²) in [5.74, 6) is 0.927. The van der Waals surface area contributed by atoms with E-state index in [1.807, 2.05) is 20.8 Å². The van der Waals surface area contributed by atoms with Gasteiger partial charge in [0.1, 0.15) is 11.4 Å². The Morgan fingerprint density at radius 3 is 2.82 bits per heavy atom. The molecular formula is C13H20N2O2. The molecular weight excluding hydrogens is 216 g/mol. The summed E-state index contributed by atoms with van der Waals surface area (Å²) in [6.45, 7) is 6.83. The van der Waals surface area contributed by atoms with Crippen LogP contribution in [0, 0.1) is 0 Å². The molecule has 0 radical (unpaired) electrons. The molecule has 94 valence electrons. The van der Waals surface area contributed by atoms with Crippen LogP contribution >= 0.6 is 0 Å². The van der Waals surface area contributed by atoms with Gasteiger partial charge < -0.3 is 9.72 Å². The first kappa shape index (κ1) is 12.3. The lowest BCUT2D eigenvalue weighted by atomic mass is 9.94. The molecule has 2 rings (SSSR count). The van der Waals surface area contributed by atoms with Crippen LogP contribution in [-0.4, -0.2) is 16.6 Å². The van der Waals surface area contributed by atoms with Gasteiger partial charge in [0.2, 0.25) is 0 Å². The first-order valence-electron chi connectivity index (χ1n) is 6.27. The van der Waals surface area contributed by atoms with Crippen LogP contribution in [-0.2, 0) is 10.3 Å². The standard InChI is InChI=1S/C13H20N2O2/c1-9(2)10-8-11(16)15-12(14-10)13(3)6-4-5-7-17-13/h8-9H,4-7H2,1-3H3,(H,14,15,16). The Morgan fingerprint density at radius 1 is 1.47 bits per heavy atom. The molecule has 1 saturated heterocycles. The first-order valence-corrected chi connectivity index (χ1v) is 6.27. The van der Waals surface area contributed by atoms with Crippen LogP contribution in [0.25, 0.3) is 0 Å². The summed E-state index contributed by atoms with van der Waals surface area (Å²) in [5.41, 5.74) is 0.315. The van der Waals surface area contributed by atoms with Gasteiger partial charge in [0.05, 0.1) is 5.69 Å². The van der Waals surface area contributed by atoms with Crippen molar-refractivity contribution in [1.29, 1.82) is 0 Å². The van der Waals surface area contributed by atoms with E-state index in [0.29, 0.717) is 5.82 Å². The molecule has 1 fully saturated rings. The second kappa shape index (κ2) is 4.61. The largest absolute Gasteiger partial charge is 0.367 e. The zero-order valence-corrected chi connectivity index (χ0v) is 10.7. The first-order chi connectivity index (χ1) is 8.01. The molecule has 2 heterocycles. The average Bonchev–Trinajstić information content (AvgIpc) is 2.29. The van der Waals surface area contributed by atoms with Crippen molar-refractivity contribution in [3.63, 3.8) is 0 Å². The summed E-state index contributed by atoms with van der Waals surface area (Å²) >= 11 is 0. The Kier molecular flexibility index (Phi) is 3.33. The Morgan fingerprint density at radius 2 is 2.24 bits per heavy atom. The van der Waals surface area contributed by atoms with Crippen molar-refractivity contribution in [2.24, 2.45) is 0 Å². The van der Waals surface area contributed by atoms with Gasteiger partial charge in [0.25, 0.3) is 5.56 Å². The minimum Gasteiger partial charge on any atom is -0.367 e. The third-order valence-electron chi connectivity index (χ3n) is 3.32. The van der Waals surface area contributed by atoms with E-state index >= 15 is 0 Å². The molecule has 17 heavy (non-hydrogen) atoms. The van der Waals surface area contributed by atoms with Crippen molar-refractivity contribution >= 4 is 0 Å². The quantitative estimate of drug-likeness (QED) is 0.857. The molecule has 4 nitrogen and oxygen atoms in total. The van der Waals surface area contributed by atoms with Crippen LogP contribution in [0.5, 0.6) is 0 Å². The monoisotopic (exact) mass is 236 g/mol. The van der Waals surface area contributed by atoms with Crippen LogP contribution in [0.4, 0.5) is 0 Å². The molecule has 1 aromatic rings. The van der Waals surface area contributed by atoms with Crippen molar-refractivity contribution in [3.8, 4) is 0 Å². The SMILES string of the molecule is CC(C)c1cc(=O)[nH]c(C2(C)CCCCO2)n1. The number of hydrogen-bond donors (Lipinski definition) is 1. The van der Waals surface area contributed by atoms with Gasteiger partial charge in [-0.25, -0.2) is 4.98 Å². The molecule has 1 N–H and O–H groups in total. The second-order valence-electron chi connectivity index (χ2n) is 5.21. The fourth-order valence-corrected chi connectivity index (χ4v) is 2.14. The van der Waals surface area contributed by atoms with Gasteiger partial charge in [-0.05, 0) is 32.1 Å². The van der Waals surface area contributed by atoms with E-state index in [1.165, 1.54) is 0 Å². The summed E-state index contributed by atoms with van der Waals surface area (Å²) in [4.78, 5) is 19.0. The van der Waals surface area contributed by atoms with E-state index in [1.54, 1.807) is 6.07 Å². The molecule has 1 aliphatic rings. The minimum atomic E-state index is -0.428. The molecule has 0 saturated carbocycles. The number of H-pyrrole nitrogens is 1. The van der Waals surface area contributed by atoms with E-state index in [9.17, 15) is 4.79 Å². The van der Waals surface area contributed by atoms with E-state index in [4.69, 9.17) is 4.74 Å².